The largest absolute Gasteiger partial charge is 0.390 e. The van der Waals surface area contributed by atoms with Gasteiger partial charge in [0, 0.05) is 19.3 Å². The first-order chi connectivity index (χ1) is 12.6. The van der Waals surface area contributed by atoms with Crippen molar-refractivity contribution in [3.8, 4) is 0 Å². The van der Waals surface area contributed by atoms with Gasteiger partial charge in [0.25, 0.3) is 0 Å². The second kappa shape index (κ2) is 8.95. The second-order valence-corrected chi connectivity index (χ2v) is 7.58. The molecule has 0 atom stereocenters. The minimum Gasteiger partial charge on any atom is -0.367 e. The average Bonchev–Trinajstić information content (AvgIpc) is 2.60. The zero-order valence-electron chi connectivity index (χ0n) is 14.4. The molecule has 2 heterocycles. The number of aromatic nitrogens is 3. The number of hydrogen-bond acceptors (Lipinski definition) is 7. The highest BCUT2D eigenvalue weighted by Crippen LogP contribution is 2.19. The predicted molar refractivity (Wildman–Crippen MR) is 95.2 cm³/mol. The van der Waals surface area contributed by atoms with Crippen LogP contribution in [0.25, 0.3) is 0 Å². The molecule has 12 heteroatoms. The van der Waals surface area contributed by atoms with E-state index >= 15 is 0 Å². The summed E-state index contributed by atoms with van der Waals surface area (Å²) in [6.45, 7) is 1.99. The second-order valence-electron chi connectivity index (χ2n) is 5.65. The van der Waals surface area contributed by atoms with E-state index in [0.717, 1.165) is 5.56 Å². The summed E-state index contributed by atoms with van der Waals surface area (Å²) in [5.74, 6) is 0.490. The highest BCUT2D eigenvalue weighted by molar-refractivity contribution is 7.89. The lowest BCUT2D eigenvalue weighted by molar-refractivity contribution is -0.129. The number of anilines is 3. The molecule has 0 aliphatic carbocycles. The number of sulfonamides is 1. The first kappa shape index (κ1) is 20.8. The summed E-state index contributed by atoms with van der Waals surface area (Å²) in [5, 5.41) is 13.7. The maximum atomic E-state index is 12.1. The summed E-state index contributed by atoms with van der Waals surface area (Å²) in [6, 6.07) is 6.98. The number of hydrogen-bond donors (Lipinski definition) is 3. The molecule has 0 bridgehead atoms. The number of nitrogens with zero attached hydrogens (tertiary/aromatic N) is 3. The van der Waals surface area contributed by atoms with Crippen LogP contribution in [0.5, 0.6) is 0 Å². The minimum absolute atomic E-state index is 0.0742. The van der Waals surface area contributed by atoms with Gasteiger partial charge in [-0.15, -0.1) is 10.2 Å². The zero-order chi connectivity index (χ0) is 19.9. The van der Waals surface area contributed by atoms with Gasteiger partial charge in [-0.1, -0.05) is 6.07 Å². The molecule has 0 aliphatic rings. The molecule has 0 amide bonds. The molecule has 0 fully saturated rings. The fraction of sp³-hybridized carbons (Fsp3) is 0.400. The molecule has 0 aromatic carbocycles. The van der Waals surface area contributed by atoms with Crippen molar-refractivity contribution in [1.29, 1.82) is 0 Å². The Balaban J connectivity index is 1.74. The molecule has 0 unspecified atom stereocenters. The Hall–Kier alpha value is -2.47. The zero-order valence-corrected chi connectivity index (χ0v) is 15.2. The Morgan fingerprint density at radius 1 is 1.00 bits per heavy atom. The summed E-state index contributed by atoms with van der Waals surface area (Å²) in [4.78, 5) is 4.18. The highest BCUT2D eigenvalue weighted by atomic mass is 32.2. The summed E-state index contributed by atoms with van der Waals surface area (Å²) in [5.41, 5.74) is 1.03. The van der Waals surface area contributed by atoms with Gasteiger partial charge < -0.3 is 10.6 Å². The fourth-order valence-corrected chi connectivity index (χ4v) is 2.94. The van der Waals surface area contributed by atoms with E-state index in [9.17, 15) is 21.6 Å². The van der Waals surface area contributed by atoms with Crippen molar-refractivity contribution in [3.63, 3.8) is 0 Å². The Labute approximate surface area is 154 Å². The summed E-state index contributed by atoms with van der Waals surface area (Å²) < 4.78 is 61.1. The third kappa shape index (κ3) is 8.17. The van der Waals surface area contributed by atoms with Crippen molar-refractivity contribution >= 4 is 27.5 Å². The average molecular weight is 404 g/mol. The molecule has 0 spiro atoms. The van der Waals surface area contributed by atoms with Gasteiger partial charge in [-0.25, -0.2) is 18.1 Å². The molecule has 3 N–H and O–H groups in total. The van der Waals surface area contributed by atoms with E-state index in [2.05, 4.69) is 30.5 Å². The van der Waals surface area contributed by atoms with E-state index in [0.29, 0.717) is 17.5 Å². The first-order valence-corrected chi connectivity index (χ1v) is 9.60. The van der Waals surface area contributed by atoms with E-state index in [1.165, 1.54) is 0 Å². The van der Waals surface area contributed by atoms with Crippen LogP contribution in [-0.4, -0.2) is 48.6 Å². The van der Waals surface area contributed by atoms with Gasteiger partial charge >= 0.3 is 6.18 Å². The van der Waals surface area contributed by atoms with Gasteiger partial charge in [0.1, 0.15) is 11.6 Å². The van der Waals surface area contributed by atoms with Crippen molar-refractivity contribution in [3.05, 3.63) is 36.0 Å². The van der Waals surface area contributed by atoms with Gasteiger partial charge in [-0.3, -0.25) is 0 Å². The smallest absolute Gasteiger partial charge is 0.367 e. The Morgan fingerprint density at radius 2 is 1.67 bits per heavy atom. The maximum Gasteiger partial charge on any atom is 0.390 e. The number of alkyl halides is 3. The van der Waals surface area contributed by atoms with Crippen LogP contribution in [0.15, 0.2) is 30.5 Å². The molecule has 27 heavy (non-hydrogen) atoms. The molecule has 0 saturated heterocycles. The number of nitrogens with one attached hydrogen (secondary N) is 3. The first-order valence-electron chi connectivity index (χ1n) is 7.94. The molecule has 2 rings (SSSR count). The van der Waals surface area contributed by atoms with E-state index in [1.54, 1.807) is 24.4 Å². The summed E-state index contributed by atoms with van der Waals surface area (Å²) >= 11 is 0. The standard InChI is InChI=1S/C15H19F3N6O2S/c1-11-2-3-12(20-10-11)22-14-5-4-13(23-24-14)19-7-8-21-27(25,26)9-6-15(16,17)18/h2-5,10,21H,6-9H2,1H3,(H,19,23)(H,20,22,24). The van der Waals surface area contributed by atoms with E-state index < -0.39 is 28.4 Å². The van der Waals surface area contributed by atoms with Crippen molar-refractivity contribution in [2.45, 2.75) is 19.5 Å². The van der Waals surface area contributed by atoms with Crippen LogP contribution in [0, 0.1) is 6.92 Å². The van der Waals surface area contributed by atoms with Crippen LogP contribution < -0.4 is 15.4 Å². The molecule has 8 nitrogen and oxygen atoms in total. The lowest BCUT2D eigenvalue weighted by Crippen LogP contribution is -2.32. The molecule has 2 aromatic rings. The Bertz CT molecular complexity index is 826. The summed E-state index contributed by atoms with van der Waals surface area (Å²) in [7, 11) is -3.98. The van der Waals surface area contributed by atoms with Crippen LogP contribution in [-0.2, 0) is 10.0 Å². The Kier molecular flexibility index (Phi) is 6.91. The van der Waals surface area contributed by atoms with Gasteiger partial charge in [-0.2, -0.15) is 13.2 Å². The molecule has 0 aliphatic heterocycles. The van der Waals surface area contributed by atoms with Crippen LogP contribution in [0.1, 0.15) is 12.0 Å². The lowest BCUT2D eigenvalue weighted by atomic mass is 10.3. The number of pyridine rings is 1. The summed E-state index contributed by atoms with van der Waals surface area (Å²) in [6.07, 6.45) is -4.18. The molecular formula is C15H19F3N6O2S. The minimum atomic E-state index is -4.51. The van der Waals surface area contributed by atoms with Gasteiger partial charge in [0.05, 0.1) is 12.2 Å². The Morgan fingerprint density at radius 3 is 2.26 bits per heavy atom. The van der Waals surface area contributed by atoms with Crippen molar-refractivity contribution < 1.29 is 21.6 Å². The lowest BCUT2D eigenvalue weighted by Gasteiger charge is -2.10. The van der Waals surface area contributed by atoms with E-state index in [4.69, 9.17) is 0 Å². The van der Waals surface area contributed by atoms with Crippen LogP contribution in [0.3, 0.4) is 0 Å². The number of rotatable bonds is 9. The third-order valence-electron chi connectivity index (χ3n) is 3.24. The van der Waals surface area contributed by atoms with Crippen molar-refractivity contribution in [2.75, 3.05) is 29.5 Å². The topological polar surface area (TPSA) is 109 Å². The molecular weight excluding hydrogens is 385 g/mol. The predicted octanol–water partition coefficient (Wildman–Crippen LogP) is 2.21. The van der Waals surface area contributed by atoms with Gasteiger partial charge in [0.15, 0.2) is 5.82 Å². The van der Waals surface area contributed by atoms with Crippen LogP contribution in [0.4, 0.5) is 30.6 Å². The third-order valence-corrected chi connectivity index (χ3v) is 4.62. The number of aryl methyl sites for hydroxylation is 1. The normalized spacial score (nSPS) is 12.0. The molecule has 2 aromatic heterocycles. The maximum absolute atomic E-state index is 12.1. The molecule has 148 valence electrons. The highest BCUT2D eigenvalue weighted by Gasteiger charge is 2.29. The fourth-order valence-electron chi connectivity index (χ4n) is 1.89. The number of halogens is 3. The quantitative estimate of drug-likeness (QED) is 0.550. The van der Waals surface area contributed by atoms with Crippen LogP contribution in [0.2, 0.25) is 0 Å². The molecule has 0 saturated carbocycles. The van der Waals surface area contributed by atoms with Gasteiger partial charge in [0.2, 0.25) is 10.0 Å². The van der Waals surface area contributed by atoms with Crippen molar-refractivity contribution in [2.24, 2.45) is 0 Å². The van der Waals surface area contributed by atoms with E-state index in [1.807, 2.05) is 13.0 Å². The van der Waals surface area contributed by atoms with Gasteiger partial charge in [-0.05, 0) is 30.7 Å². The van der Waals surface area contributed by atoms with Crippen molar-refractivity contribution in [1.82, 2.24) is 19.9 Å². The van der Waals surface area contributed by atoms with Crippen LogP contribution >= 0.6 is 0 Å². The molecule has 0 radical (unpaired) electrons. The SMILES string of the molecule is Cc1ccc(Nc2ccc(NCCNS(=O)(=O)CCC(F)(F)F)nn2)nc1. The monoisotopic (exact) mass is 404 g/mol. The van der Waals surface area contributed by atoms with E-state index in [-0.39, 0.29) is 13.1 Å².